The number of rotatable bonds is 3. The molecule has 0 saturated heterocycles. The Morgan fingerprint density at radius 3 is 2.56 bits per heavy atom. The Kier molecular flexibility index (Phi) is 3.96. The van der Waals surface area contributed by atoms with Gasteiger partial charge in [-0.05, 0) is 18.1 Å². The number of carbonyl (C=O) groups excluding carboxylic acids is 1. The standard InChI is InChI=1S/C10H9BrF3NO/c11-8(9(15)16)5-6-2-1-3-7(4-6)10(12,13)14/h1-4,8H,5H2,(H2,15,16). The number of primary amides is 1. The van der Waals surface area contributed by atoms with Crippen LogP contribution in [0.4, 0.5) is 13.2 Å². The van der Waals surface area contributed by atoms with Crippen LogP contribution in [0.25, 0.3) is 0 Å². The molecule has 0 spiro atoms. The molecule has 2 N–H and O–H groups in total. The maximum Gasteiger partial charge on any atom is 0.416 e. The highest BCUT2D eigenvalue weighted by Gasteiger charge is 2.30. The molecule has 0 fully saturated rings. The van der Waals surface area contributed by atoms with Crippen LogP contribution < -0.4 is 5.73 Å². The minimum absolute atomic E-state index is 0.138. The molecule has 0 bridgehead atoms. The lowest BCUT2D eigenvalue weighted by molar-refractivity contribution is -0.137. The molecule has 0 aliphatic rings. The van der Waals surface area contributed by atoms with Crippen molar-refractivity contribution in [2.24, 2.45) is 5.73 Å². The van der Waals surface area contributed by atoms with E-state index in [9.17, 15) is 18.0 Å². The van der Waals surface area contributed by atoms with Crippen LogP contribution in [0.5, 0.6) is 0 Å². The first-order valence-corrected chi connectivity index (χ1v) is 5.32. The van der Waals surface area contributed by atoms with Crippen molar-refractivity contribution in [2.75, 3.05) is 0 Å². The summed E-state index contributed by atoms with van der Waals surface area (Å²) in [5.74, 6) is -0.600. The van der Waals surface area contributed by atoms with Crippen LogP contribution in [0.3, 0.4) is 0 Å². The van der Waals surface area contributed by atoms with Gasteiger partial charge in [-0.25, -0.2) is 0 Å². The maximum atomic E-state index is 12.4. The molecule has 0 saturated carbocycles. The highest BCUT2D eigenvalue weighted by atomic mass is 79.9. The van der Waals surface area contributed by atoms with Gasteiger partial charge in [0.15, 0.2) is 0 Å². The normalized spacial score (nSPS) is 13.5. The zero-order valence-corrected chi connectivity index (χ0v) is 9.68. The summed E-state index contributed by atoms with van der Waals surface area (Å²) in [7, 11) is 0. The second kappa shape index (κ2) is 4.86. The molecule has 1 aromatic carbocycles. The van der Waals surface area contributed by atoms with E-state index in [1.807, 2.05) is 0 Å². The highest BCUT2D eigenvalue weighted by Crippen LogP contribution is 2.29. The molecule has 2 nitrogen and oxygen atoms in total. The predicted octanol–water partition coefficient (Wildman–Crippen LogP) is 2.50. The summed E-state index contributed by atoms with van der Waals surface area (Å²) >= 11 is 3.00. The average Bonchev–Trinajstić information content (AvgIpc) is 2.16. The number of amides is 1. The van der Waals surface area contributed by atoms with E-state index < -0.39 is 22.5 Å². The Labute approximate surface area is 98.8 Å². The minimum atomic E-state index is -4.37. The molecular formula is C10H9BrF3NO. The van der Waals surface area contributed by atoms with Gasteiger partial charge in [-0.3, -0.25) is 4.79 Å². The van der Waals surface area contributed by atoms with E-state index in [1.54, 1.807) is 0 Å². The maximum absolute atomic E-state index is 12.4. The number of nitrogens with two attached hydrogens (primary N) is 1. The number of halogens is 4. The Bertz CT molecular complexity index is 392. The zero-order valence-electron chi connectivity index (χ0n) is 8.09. The second-order valence-electron chi connectivity index (χ2n) is 3.27. The van der Waals surface area contributed by atoms with Crippen molar-refractivity contribution < 1.29 is 18.0 Å². The molecule has 0 aromatic heterocycles. The molecule has 6 heteroatoms. The van der Waals surface area contributed by atoms with Gasteiger partial charge in [-0.15, -0.1) is 0 Å². The third-order valence-electron chi connectivity index (χ3n) is 1.98. The fourth-order valence-corrected chi connectivity index (χ4v) is 1.56. The molecule has 16 heavy (non-hydrogen) atoms. The SMILES string of the molecule is NC(=O)C(Br)Cc1cccc(C(F)(F)F)c1. The first-order chi connectivity index (χ1) is 7.30. The van der Waals surface area contributed by atoms with Crippen LogP contribution >= 0.6 is 15.9 Å². The van der Waals surface area contributed by atoms with Gasteiger partial charge >= 0.3 is 6.18 Å². The number of carbonyl (C=O) groups is 1. The highest BCUT2D eigenvalue weighted by molar-refractivity contribution is 9.10. The van der Waals surface area contributed by atoms with Crippen LogP contribution in [0.1, 0.15) is 11.1 Å². The summed E-state index contributed by atoms with van der Waals surface area (Å²) in [5, 5.41) is 0. The van der Waals surface area contributed by atoms with Gasteiger partial charge < -0.3 is 5.73 Å². The third-order valence-corrected chi connectivity index (χ3v) is 2.75. The predicted molar refractivity (Wildman–Crippen MR) is 57.1 cm³/mol. The topological polar surface area (TPSA) is 43.1 Å². The number of alkyl halides is 4. The summed E-state index contributed by atoms with van der Waals surface area (Å²) in [6.07, 6.45) is -4.23. The smallest absolute Gasteiger partial charge is 0.369 e. The van der Waals surface area contributed by atoms with E-state index in [2.05, 4.69) is 15.9 Å². The molecule has 88 valence electrons. The fourth-order valence-electron chi connectivity index (χ4n) is 1.18. The number of hydrogen-bond acceptors (Lipinski definition) is 1. The first-order valence-electron chi connectivity index (χ1n) is 4.40. The first kappa shape index (κ1) is 13.0. The Balaban J connectivity index is 2.87. The summed E-state index contributed by atoms with van der Waals surface area (Å²) in [6.45, 7) is 0. The molecule has 1 unspecified atom stereocenters. The van der Waals surface area contributed by atoms with E-state index in [1.165, 1.54) is 12.1 Å². The molecule has 1 atom stereocenters. The molecule has 0 aliphatic carbocycles. The van der Waals surface area contributed by atoms with Crippen LogP contribution in [-0.2, 0) is 17.4 Å². The monoisotopic (exact) mass is 295 g/mol. The zero-order chi connectivity index (χ0) is 12.3. The molecule has 0 aliphatic heterocycles. The van der Waals surface area contributed by atoms with E-state index in [0.29, 0.717) is 5.56 Å². The van der Waals surface area contributed by atoms with Gasteiger partial charge in [-0.2, -0.15) is 13.2 Å². The van der Waals surface area contributed by atoms with Crippen molar-refractivity contribution >= 4 is 21.8 Å². The average molecular weight is 296 g/mol. The lowest BCUT2D eigenvalue weighted by Crippen LogP contribution is -2.25. The molecule has 1 rings (SSSR count). The quantitative estimate of drug-likeness (QED) is 0.856. The largest absolute Gasteiger partial charge is 0.416 e. The van der Waals surface area contributed by atoms with E-state index in [0.717, 1.165) is 12.1 Å². The van der Waals surface area contributed by atoms with Gasteiger partial charge in [0.05, 0.1) is 10.4 Å². The molecule has 1 aromatic rings. The summed E-state index contributed by atoms with van der Waals surface area (Å²) in [5.41, 5.74) is 4.68. The van der Waals surface area contributed by atoms with Crippen molar-refractivity contribution in [3.8, 4) is 0 Å². The van der Waals surface area contributed by atoms with Crippen molar-refractivity contribution in [1.82, 2.24) is 0 Å². The van der Waals surface area contributed by atoms with Gasteiger partial charge in [0.1, 0.15) is 0 Å². The Hall–Kier alpha value is -1.04. The summed E-state index contributed by atoms with van der Waals surface area (Å²) in [6, 6.07) is 4.82. The van der Waals surface area contributed by atoms with Crippen molar-refractivity contribution in [1.29, 1.82) is 0 Å². The van der Waals surface area contributed by atoms with Crippen LogP contribution in [0, 0.1) is 0 Å². The number of hydrogen-bond donors (Lipinski definition) is 1. The van der Waals surface area contributed by atoms with Crippen LogP contribution in [0.15, 0.2) is 24.3 Å². The van der Waals surface area contributed by atoms with Gasteiger partial charge in [-0.1, -0.05) is 34.1 Å². The van der Waals surface area contributed by atoms with E-state index in [4.69, 9.17) is 5.73 Å². The van der Waals surface area contributed by atoms with Gasteiger partial charge in [0, 0.05) is 0 Å². The fraction of sp³-hybridized carbons (Fsp3) is 0.300. The molecular weight excluding hydrogens is 287 g/mol. The van der Waals surface area contributed by atoms with E-state index >= 15 is 0 Å². The van der Waals surface area contributed by atoms with Crippen LogP contribution in [-0.4, -0.2) is 10.7 Å². The Morgan fingerprint density at radius 1 is 1.44 bits per heavy atom. The van der Waals surface area contributed by atoms with Crippen molar-refractivity contribution in [2.45, 2.75) is 17.4 Å². The molecule has 0 heterocycles. The van der Waals surface area contributed by atoms with E-state index in [-0.39, 0.29) is 6.42 Å². The van der Waals surface area contributed by atoms with Crippen molar-refractivity contribution in [3.05, 3.63) is 35.4 Å². The lowest BCUT2D eigenvalue weighted by Gasteiger charge is -2.10. The summed E-state index contributed by atoms with van der Waals surface area (Å²) < 4.78 is 37.1. The molecule has 1 amide bonds. The van der Waals surface area contributed by atoms with Gasteiger partial charge in [0.2, 0.25) is 5.91 Å². The van der Waals surface area contributed by atoms with Crippen molar-refractivity contribution in [3.63, 3.8) is 0 Å². The lowest BCUT2D eigenvalue weighted by atomic mass is 10.1. The third kappa shape index (κ3) is 3.52. The van der Waals surface area contributed by atoms with Gasteiger partial charge in [0.25, 0.3) is 0 Å². The summed E-state index contributed by atoms with van der Waals surface area (Å²) in [4.78, 5) is 10.1. The molecule has 0 radical (unpaired) electrons. The number of benzene rings is 1. The Morgan fingerprint density at radius 2 is 2.06 bits per heavy atom. The van der Waals surface area contributed by atoms with Crippen LogP contribution in [0.2, 0.25) is 0 Å². The second-order valence-corrected chi connectivity index (χ2v) is 4.38. The minimum Gasteiger partial charge on any atom is -0.369 e.